The Morgan fingerprint density at radius 2 is 1.25 bits per heavy atom. The van der Waals surface area contributed by atoms with E-state index in [2.05, 4.69) is 0 Å². The van der Waals surface area contributed by atoms with E-state index in [1.807, 2.05) is 0 Å². The monoisotopic (exact) mass is 176 g/mol. The minimum absolute atomic E-state index is 0.198. The van der Waals surface area contributed by atoms with Crippen LogP contribution in [0.3, 0.4) is 0 Å². The normalized spacial score (nSPS) is 11.0. The van der Waals surface area contributed by atoms with Gasteiger partial charge in [-0.25, -0.2) is 0 Å². The molecule has 3 N–H and O–H groups in total. The molecule has 0 aliphatic carbocycles. The molecule has 0 saturated heterocycles. The predicted octanol–water partition coefficient (Wildman–Crippen LogP) is 0.530. The van der Waals surface area contributed by atoms with Crippen molar-refractivity contribution in [2.24, 2.45) is 5.92 Å². The number of unbranched alkanes of at least 4 members (excludes halogenated alkanes) is 1. The summed E-state index contributed by atoms with van der Waals surface area (Å²) in [6, 6.07) is 0. The van der Waals surface area contributed by atoms with Crippen molar-refractivity contribution in [3.63, 3.8) is 0 Å². The van der Waals surface area contributed by atoms with Crippen molar-refractivity contribution in [1.29, 1.82) is 0 Å². The third-order valence-corrected chi connectivity index (χ3v) is 2.10. The van der Waals surface area contributed by atoms with Gasteiger partial charge in [-0.1, -0.05) is 12.8 Å². The maximum atomic E-state index is 8.69. The average Bonchev–Trinajstić information content (AvgIpc) is 2.06. The van der Waals surface area contributed by atoms with Crippen molar-refractivity contribution in [2.45, 2.75) is 32.1 Å². The van der Waals surface area contributed by atoms with Crippen LogP contribution in [-0.4, -0.2) is 35.1 Å². The SMILES string of the molecule is OCCCCC(CCO)CCO. The van der Waals surface area contributed by atoms with Gasteiger partial charge in [0.05, 0.1) is 0 Å². The number of aliphatic hydroxyl groups is 3. The summed E-state index contributed by atoms with van der Waals surface area (Å²) >= 11 is 0. The van der Waals surface area contributed by atoms with E-state index >= 15 is 0 Å². The summed E-state index contributed by atoms with van der Waals surface area (Å²) in [7, 11) is 0. The molecule has 3 heteroatoms. The van der Waals surface area contributed by atoms with E-state index in [0.29, 0.717) is 5.92 Å². The summed E-state index contributed by atoms with van der Waals surface area (Å²) in [5, 5.41) is 25.9. The molecule has 0 rings (SSSR count). The van der Waals surface area contributed by atoms with Crippen LogP contribution in [-0.2, 0) is 0 Å². The molecule has 74 valence electrons. The number of rotatable bonds is 8. The summed E-state index contributed by atoms with van der Waals surface area (Å²) in [4.78, 5) is 0. The highest BCUT2D eigenvalue weighted by Gasteiger charge is 2.06. The Kier molecular flexibility index (Phi) is 8.88. The molecule has 0 aromatic carbocycles. The summed E-state index contributed by atoms with van der Waals surface area (Å²) < 4.78 is 0. The van der Waals surface area contributed by atoms with E-state index in [1.54, 1.807) is 0 Å². The van der Waals surface area contributed by atoms with Crippen molar-refractivity contribution in [3.8, 4) is 0 Å². The standard InChI is InChI=1S/C9H20O3/c10-6-2-1-3-9(4-7-11)5-8-12/h9-12H,1-8H2. The Bertz CT molecular complexity index is 79.8. The highest BCUT2D eigenvalue weighted by atomic mass is 16.3. The van der Waals surface area contributed by atoms with E-state index in [-0.39, 0.29) is 19.8 Å². The molecule has 3 nitrogen and oxygen atoms in total. The van der Waals surface area contributed by atoms with E-state index in [1.165, 1.54) is 0 Å². The first-order valence-electron chi connectivity index (χ1n) is 4.67. The van der Waals surface area contributed by atoms with Gasteiger partial charge in [-0.3, -0.25) is 0 Å². The molecule has 0 unspecified atom stereocenters. The molecule has 0 saturated carbocycles. The molecule has 12 heavy (non-hydrogen) atoms. The Labute approximate surface area is 74.0 Å². The van der Waals surface area contributed by atoms with Crippen LogP contribution in [0.5, 0.6) is 0 Å². The van der Waals surface area contributed by atoms with E-state index < -0.39 is 0 Å². The van der Waals surface area contributed by atoms with Gasteiger partial charge in [0.15, 0.2) is 0 Å². The first-order chi connectivity index (χ1) is 5.85. The average molecular weight is 176 g/mol. The molecular weight excluding hydrogens is 156 g/mol. The molecule has 0 aromatic rings. The van der Waals surface area contributed by atoms with Crippen molar-refractivity contribution in [3.05, 3.63) is 0 Å². The van der Waals surface area contributed by atoms with Crippen LogP contribution in [0.15, 0.2) is 0 Å². The molecule has 0 aliphatic heterocycles. The fraction of sp³-hybridized carbons (Fsp3) is 1.00. The Morgan fingerprint density at radius 1 is 0.667 bits per heavy atom. The maximum Gasteiger partial charge on any atom is 0.0433 e. The molecule has 0 aliphatic rings. The van der Waals surface area contributed by atoms with Crippen LogP contribution in [0.1, 0.15) is 32.1 Å². The Hall–Kier alpha value is -0.120. The van der Waals surface area contributed by atoms with Gasteiger partial charge in [-0.2, -0.15) is 0 Å². The smallest absolute Gasteiger partial charge is 0.0433 e. The van der Waals surface area contributed by atoms with Gasteiger partial charge in [0.1, 0.15) is 0 Å². The minimum atomic E-state index is 0.198. The van der Waals surface area contributed by atoms with Crippen LogP contribution in [0.25, 0.3) is 0 Å². The van der Waals surface area contributed by atoms with Crippen molar-refractivity contribution in [2.75, 3.05) is 19.8 Å². The summed E-state index contributed by atoms with van der Waals surface area (Å²) in [5.41, 5.74) is 0. The first-order valence-corrected chi connectivity index (χ1v) is 4.67. The fourth-order valence-electron chi connectivity index (χ4n) is 1.34. The molecule has 0 amide bonds. The van der Waals surface area contributed by atoms with Gasteiger partial charge in [-0.05, 0) is 25.2 Å². The van der Waals surface area contributed by atoms with Crippen LogP contribution in [0.4, 0.5) is 0 Å². The molecule has 0 spiro atoms. The maximum absolute atomic E-state index is 8.69. The second kappa shape index (κ2) is 8.97. The second-order valence-corrected chi connectivity index (χ2v) is 3.11. The number of aliphatic hydroxyl groups excluding tert-OH is 3. The third-order valence-electron chi connectivity index (χ3n) is 2.10. The molecule has 0 heterocycles. The molecule has 0 atom stereocenters. The van der Waals surface area contributed by atoms with Crippen molar-refractivity contribution in [1.82, 2.24) is 0 Å². The highest BCUT2D eigenvalue weighted by molar-refractivity contribution is 4.58. The largest absolute Gasteiger partial charge is 0.396 e. The van der Waals surface area contributed by atoms with Crippen LogP contribution in [0.2, 0.25) is 0 Å². The quantitative estimate of drug-likeness (QED) is 0.473. The molecule has 0 aromatic heterocycles. The van der Waals surface area contributed by atoms with E-state index in [0.717, 1.165) is 32.1 Å². The van der Waals surface area contributed by atoms with Crippen molar-refractivity contribution >= 4 is 0 Å². The van der Waals surface area contributed by atoms with Crippen LogP contribution >= 0.6 is 0 Å². The lowest BCUT2D eigenvalue weighted by molar-refractivity contribution is 0.204. The van der Waals surface area contributed by atoms with Crippen LogP contribution in [0, 0.1) is 5.92 Å². The van der Waals surface area contributed by atoms with Gasteiger partial charge < -0.3 is 15.3 Å². The summed E-state index contributed by atoms with van der Waals surface area (Å²) in [6.45, 7) is 0.637. The Morgan fingerprint density at radius 3 is 1.67 bits per heavy atom. The highest BCUT2D eigenvalue weighted by Crippen LogP contribution is 2.15. The zero-order valence-electron chi connectivity index (χ0n) is 7.58. The van der Waals surface area contributed by atoms with Gasteiger partial charge in [0.25, 0.3) is 0 Å². The lowest BCUT2D eigenvalue weighted by Gasteiger charge is -2.13. The van der Waals surface area contributed by atoms with Gasteiger partial charge in [0, 0.05) is 19.8 Å². The van der Waals surface area contributed by atoms with Crippen LogP contribution < -0.4 is 0 Å². The lowest BCUT2D eigenvalue weighted by Crippen LogP contribution is -2.06. The minimum Gasteiger partial charge on any atom is -0.396 e. The second-order valence-electron chi connectivity index (χ2n) is 3.11. The first kappa shape index (κ1) is 11.9. The van der Waals surface area contributed by atoms with Gasteiger partial charge in [0.2, 0.25) is 0 Å². The lowest BCUT2D eigenvalue weighted by atomic mass is 9.96. The fourth-order valence-corrected chi connectivity index (χ4v) is 1.34. The number of hydrogen-bond acceptors (Lipinski definition) is 3. The summed E-state index contributed by atoms with van der Waals surface area (Å²) in [6.07, 6.45) is 4.36. The molecule has 0 bridgehead atoms. The number of hydrogen-bond donors (Lipinski definition) is 3. The molecule has 0 radical (unpaired) electrons. The zero-order valence-corrected chi connectivity index (χ0v) is 7.58. The summed E-state index contributed by atoms with van der Waals surface area (Å²) in [5.74, 6) is 0.423. The third kappa shape index (κ3) is 6.58. The van der Waals surface area contributed by atoms with Gasteiger partial charge >= 0.3 is 0 Å². The van der Waals surface area contributed by atoms with E-state index in [9.17, 15) is 0 Å². The topological polar surface area (TPSA) is 60.7 Å². The van der Waals surface area contributed by atoms with E-state index in [4.69, 9.17) is 15.3 Å². The molecule has 0 fully saturated rings. The molecular formula is C9H20O3. The Balaban J connectivity index is 3.34. The van der Waals surface area contributed by atoms with Crippen molar-refractivity contribution < 1.29 is 15.3 Å². The van der Waals surface area contributed by atoms with Gasteiger partial charge in [-0.15, -0.1) is 0 Å². The zero-order chi connectivity index (χ0) is 9.23. The predicted molar refractivity (Wildman–Crippen MR) is 47.8 cm³/mol.